The molecule has 34 heavy (non-hydrogen) atoms. The van der Waals surface area contributed by atoms with Gasteiger partial charge in [0.1, 0.15) is 0 Å². The third kappa shape index (κ3) is 5.70. The van der Waals surface area contributed by atoms with Crippen LogP contribution in [-0.4, -0.2) is 79.1 Å². The van der Waals surface area contributed by atoms with E-state index in [-0.39, 0.29) is 28.0 Å². The van der Waals surface area contributed by atoms with Crippen LogP contribution in [0.2, 0.25) is 0 Å². The van der Waals surface area contributed by atoms with Gasteiger partial charge >= 0.3 is 0 Å². The summed E-state index contributed by atoms with van der Waals surface area (Å²) in [5.74, 6) is 0.189. The number of methoxy groups -OCH3 is 3. The Bertz CT molecular complexity index is 1050. The molecule has 1 saturated heterocycles. The van der Waals surface area contributed by atoms with Gasteiger partial charge in [-0.1, -0.05) is 34.7 Å². The van der Waals surface area contributed by atoms with Gasteiger partial charge < -0.3 is 30.2 Å². The zero-order chi connectivity index (χ0) is 24.8. The molecule has 1 aliphatic heterocycles. The van der Waals surface area contributed by atoms with E-state index in [0.717, 1.165) is 0 Å². The van der Waals surface area contributed by atoms with Crippen molar-refractivity contribution in [2.75, 3.05) is 52.8 Å². The molecular formula is C23H27IN4O6. The molecule has 1 unspecified atom stereocenters. The maximum atomic E-state index is 13.2. The number of nitrogens with one attached hydrogen (secondary N) is 1. The van der Waals surface area contributed by atoms with Crippen molar-refractivity contribution in [3.63, 3.8) is 0 Å². The van der Waals surface area contributed by atoms with Crippen LogP contribution >= 0.6 is 22.6 Å². The third-order valence-electron chi connectivity index (χ3n) is 5.44. The van der Waals surface area contributed by atoms with Crippen molar-refractivity contribution in [2.45, 2.75) is 4.05 Å². The number of amides is 3. The Morgan fingerprint density at radius 1 is 1.06 bits per heavy atom. The van der Waals surface area contributed by atoms with Crippen molar-refractivity contribution in [2.24, 2.45) is 5.73 Å². The van der Waals surface area contributed by atoms with Crippen molar-refractivity contribution in [3.05, 3.63) is 47.5 Å². The number of nitrogens with zero attached hydrogens (tertiary/aromatic N) is 2. The molecule has 0 aliphatic carbocycles. The van der Waals surface area contributed by atoms with Crippen molar-refractivity contribution in [1.82, 2.24) is 9.80 Å². The Morgan fingerprint density at radius 3 is 2.26 bits per heavy atom. The molecule has 0 bridgehead atoms. The van der Waals surface area contributed by atoms with Gasteiger partial charge in [-0.2, -0.15) is 0 Å². The van der Waals surface area contributed by atoms with Crippen molar-refractivity contribution in [1.29, 1.82) is 0 Å². The first-order chi connectivity index (χ1) is 16.3. The summed E-state index contributed by atoms with van der Waals surface area (Å²) in [6, 6.07) is 9.85. The summed E-state index contributed by atoms with van der Waals surface area (Å²) in [6.45, 7) is 1.50. The molecule has 3 N–H and O–H groups in total. The number of hydrogen-bond acceptors (Lipinski definition) is 7. The summed E-state index contributed by atoms with van der Waals surface area (Å²) in [5.41, 5.74) is 6.43. The second-order valence-electron chi connectivity index (χ2n) is 7.53. The fraction of sp³-hybridized carbons (Fsp3) is 0.348. The highest BCUT2D eigenvalue weighted by Gasteiger charge is 2.30. The summed E-state index contributed by atoms with van der Waals surface area (Å²) >= 11 is 2.22. The smallest absolute Gasteiger partial charge is 0.254 e. The fourth-order valence-electron chi connectivity index (χ4n) is 3.71. The van der Waals surface area contributed by atoms with Gasteiger partial charge in [0.2, 0.25) is 11.7 Å². The predicted molar refractivity (Wildman–Crippen MR) is 135 cm³/mol. The monoisotopic (exact) mass is 582 g/mol. The van der Waals surface area contributed by atoms with Crippen LogP contribution in [0.3, 0.4) is 0 Å². The molecule has 182 valence electrons. The van der Waals surface area contributed by atoms with E-state index >= 15 is 0 Å². The first-order valence-corrected chi connectivity index (χ1v) is 11.7. The van der Waals surface area contributed by atoms with Gasteiger partial charge in [-0.3, -0.25) is 19.3 Å². The largest absolute Gasteiger partial charge is 0.493 e. The summed E-state index contributed by atoms with van der Waals surface area (Å²) in [4.78, 5) is 41.1. The number of para-hydroxylation sites is 1. The summed E-state index contributed by atoms with van der Waals surface area (Å²) in [6.07, 6.45) is 0. The van der Waals surface area contributed by atoms with Crippen LogP contribution in [0.1, 0.15) is 20.7 Å². The maximum Gasteiger partial charge on any atom is 0.254 e. The molecule has 10 nitrogen and oxygen atoms in total. The van der Waals surface area contributed by atoms with Crippen LogP contribution in [-0.2, 0) is 4.79 Å². The molecule has 2 aromatic carbocycles. The highest BCUT2D eigenvalue weighted by Crippen LogP contribution is 2.38. The Morgan fingerprint density at radius 2 is 1.71 bits per heavy atom. The molecule has 1 atom stereocenters. The van der Waals surface area contributed by atoms with E-state index < -0.39 is 5.91 Å². The lowest BCUT2D eigenvalue weighted by Gasteiger charge is -2.38. The van der Waals surface area contributed by atoms with Gasteiger partial charge in [-0.25, -0.2) is 0 Å². The van der Waals surface area contributed by atoms with Crippen LogP contribution in [0.15, 0.2) is 36.4 Å². The number of hydrogen-bond donors (Lipinski definition) is 2. The molecule has 0 aromatic heterocycles. The minimum Gasteiger partial charge on any atom is -0.493 e. The Balaban J connectivity index is 1.65. The number of carbonyl (C=O) groups excluding carboxylic acids is 3. The highest BCUT2D eigenvalue weighted by atomic mass is 127. The van der Waals surface area contributed by atoms with Crippen molar-refractivity contribution in [3.8, 4) is 17.2 Å². The van der Waals surface area contributed by atoms with Crippen LogP contribution in [0.5, 0.6) is 17.2 Å². The van der Waals surface area contributed by atoms with Gasteiger partial charge in [0.05, 0.1) is 43.2 Å². The lowest BCUT2D eigenvalue weighted by molar-refractivity contribution is -0.117. The van der Waals surface area contributed by atoms with Gasteiger partial charge in [-0.05, 0) is 24.3 Å². The zero-order valence-corrected chi connectivity index (χ0v) is 21.3. The number of ether oxygens (including phenoxy) is 3. The van der Waals surface area contributed by atoms with E-state index in [2.05, 4.69) is 27.9 Å². The second kappa shape index (κ2) is 11.4. The van der Waals surface area contributed by atoms with Gasteiger partial charge in [-0.15, -0.1) is 0 Å². The van der Waals surface area contributed by atoms with Crippen LogP contribution < -0.4 is 25.3 Å². The van der Waals surface area contributed by atoms with E-state index in [1.807, 2.05) is 4.90 Å². The molecular weight excluding hydrogens is 555 g/mol. The molecule has 0 saturated carbocycles. The number of anilines is 1. The molecule has 11 heteroatoms. The van der Waals surface area contributed by atoms with E-state index in [1.54, 1.807) is 41.3 Å². The molecule has 0 spiro atoms. The number of piperazine rings is 1. The van der Waals surface area contributed by atoms with Crippen molar-refractivity contribution >= 4 is 46.0 Å². The standard InChI is InChI=1S/C23H27IN4O6/c1-32-17-10-14(11-18(33-2)21(17)34-3)23(31)28-9-8-27(19(24)12-28)13-20(29)26-16-7-5-4-6-15(16)22(25)30/h4-7,10-11,19H,8-9,12-13H2,1-3H3,(H2,25,30)(H,26,29). The SMILES string of the molecule is COc1cc(C(=O)N2CCN(CC(=O)Nc3ccccc3C(N)=O)C(I)C2)cc(OC)c1OC. The minimum absolute atomic E-state index is 0.0885. The van der Waals surface area contributed by atoms with Crippen LogP contribution in [0.4, 0.5) is 5.69 Å². The number of primary amides is 1. The number of benzene rings is 2. The third-order valence-corrected chi connectivity index (χ3v) is 6.62. The van der Waals surface area contributed by atoms with Gasteiger partial charge in [0, 0.05) is 25.2 Å². The molecule has 3 rings (SSSR count). The predicted octanol–water partition coefficient (Wildman–Crippen LogP) is 1.97. The molecule has 2 aromatic rings. The van der Waals surface area contributed by atoms with Crippen LogP contribution in [0.25, 0.3) is 0 Å². The van der Waals surface area contributed by atoms with Gasteiger partial charge in [0.25, 0.3) is 11.8 Å². The van der Waals surface area contributed by atoms with Crippen molar-refractivity contribution < 1.29 is 28.6 Å². The highest BCUT2D eigenvalue weighted by molar-refractivity contribution is 14.1. The van der Waals surface area contributed by atoms with Gasteiger partial charge in [0.15, 0.2) is 11.5 Å². The number of nitrogens with two attached hydrogens (primary N) is 1. The lowest BCUT2D eigenvalue weighted by Crippen LogP contribution is -2.54. The molecule has 0 radical (unpaired) electrons. The maximum absolute atomic E-state index is 13.2. The molecule has 1 fully saturated rings. The number of halogens is 1. The fourth-order valence-corrected chi connectivity index (χ4v) is 4.66. The van der Waals surface area contributed by atoms with E-state index in [1.165, 1.54) is 21.3 Å². The Labute approximate surface area is 211 Å². The number of carbonyl (C=O) groups is 3. The summed E-state index contributed by atoms with van der Waals surface area (Å²) in [7, 11) is 4.50. The number of alkyl halides is 1. The van der Waals surface area contributed by atoms with Crippen LogP contribution in [0, 0.1) is 0 Å². The lowest BCUT2D eigenvalue weighted by atomic mass is 10.1. The van der Waals surface area contributed by atoms with E-state index in [0.29, 0.717) is 48.1 Å². The Hall–Kier alpha value is -3.06. The zero-order valence-electron chi connectivity index (χ0n) is 19.2. The average molecular weight is 582 g/mol. The molecule has 1 heterocycles. The van der Waals surface area contributed by atoms with E-state index in [9.17, 15) is 14.4 Å². The van der Waals surface area contributed by atoms with E-state index in [4.69, 9.17) is 19.9 Å². The summed E-state index contributed by atoms with van der Waals surface area (Å²) < 4.78 is 15.9. The first-order valence-electron chi connectivity index (χ1n) is 10.4. The quantitative estimate of drug-likeness (QED) is 0.277. The molecule has 1 aliphatic rings. The number of rotatable bonds is 8. The average Bonchev–Trinajstić information content (AvgIpc) is 2.83. The topological polar surface area (TPSA) is 123 Å². The Kier molecular flexibility index (Phi) is 8.56. The normalized spacial score (nSPS) is 16.0. The first kappa shape index (κ1) is 25.6. The summed E-state index contributed by atoms with van der Waals surface area (Å²) in [5, 5.41) is 2.75. The molecule has 3 amide bonds. The second-order valence-corrected chi connectivity index (χ2v) is 8.97. The minimum atomic E-state index is -0.610.